The van der Waals surface area contributed by atoms with Crippen LogP contribution < -0.4 is 0 Å². The van der Waals surface area contributed by atoms with E-state index in [1.165, 1.54) is 0 Å². The molecule has 0 radical (unpaired) electrons. The van der Waals surface area contributed by atoms with Gasteiger partial charge < -0.3 is 5.11 Å². The van der Waals surface area contributed by atoms with E-state index in [0.29, 0.717) is 6.07 Å². The van der Waals surface area contributed by atoms with Crippen LogP contribution in [0.4, 0.5) is 14.5 Å². The fourth-order valence-corrected chi connectivity index (χ4v) is 0.998. The molecule has 5 nitrogen and oxygen atoms in total. The van der Waals surface area contributed by atoms with Gasteiger partial charge in [-0.25, -0.2) is 4.39 Å². The highest BCUT2D eigenvalue weighted by molar-refractivity contribution is 5.95. The van der Waals surface area contributed by atoms with E-state index in [1.807, 2.05) is 0 Å². The van der Waals surface area contributed by atoms with Gasteiger partial charge in [0.15, 0.2) is 11.6 Å². The number of hydrogen-bond acceptors (Lipinski definition) is 4. The molecule has 0 bridgehead atoms. The van der Waals surface area contributed by atoms with Crippen molar-refractivity contribution in [1.82, 2.24) is 0 Å². The lowest BCUT2D eigenvalue weighted by atomic mass is 10.1. The van der Waals surface area contributed by atoms with Gasteiger partial charge in [-0.2, -0.15) is 4.39 Å². The molecule has 1 aromatic rings. The second-order valence-electron chi connectivity index (χ2n) is 2.73. The lowest BCUT2D eigenvalue weighted by Gasteiger charge is -2.02. The summed E-state index contributed by atoms with van der Waals surface area (Å²) >= 11 is 0. The number of phenols is 1. The van der Waals surface area contributed by atoms with Crippen LogP contribution >= 0.6 is 0 Å². The highest BCUT2D eigenvalue weighted by Crippen LogP contribution is 2.32. The van der Waals surface area contributed by atoms with Crippen molar-refractivity contribution in [3.8, 4) is 5.75 Å². The van der Waals surface area contributed by atoms with Gasteiger partial charge in [-0.1, -0.05) is 0 Å². The molecule has 0 heterocycles. The summed E-state index contributed by atoms with van der Waals surface area (Å²) < 4.78 is 25.9. The van der Waals surface area contributed by atoms with Crippen LogP contribution in [0.1, 0.15) is 17.3 Å². The highest BCUT2D eigenvalue weighted by atomic mass is 19.2. The quantitative estimate of drug-likeness (QED) is 0.465. The number of aromatic hydroxyl groups is 1. The second kappa shape index (κ2) is 3.60. The maximum atomic E-state index is 13.0. The minimum atomic E-state index is -1.80. The molecule has 0 aliphatic carbocycles. The monoisotopic (exact) mass is 217 g/mol. The third-order valence-electron chi connectivity index (χ3n) is 1.74. The van der Waals surface area contributed by atoms with Gasteiger partial charge in [0.1, 0.15) is 0 Å². The molecule has 15 heavy (non-hydrogen) atoms. The van der Waals surface area contributed by atoms with Crippen molar-refractivity contribution in [3.63, 3.8) is 0 Å². The summed E-state index contributed by atoms with van der Waals surface area (Å²) in [5, 5.41) is 19.2. The van der Waals surface area contributed by atoms with Gasteiger partial charge in [-0.15, -0.1) is 0 Å². The van der Waals surface area contributed by atoms with E-state index in [4.69, 9.17) is 5.11 Å². The Labute approximate surface area is 82.1 Å². The minimum absolute atomic E-state index is 0.496. The Morgan fingerprint density at radius 3 is 2.40 bits per heavy atom. The van der Waals surface area contributed by atoms with Crippen molar-refractivity contribution in [2.45, 2.75) is 6.92 Å². The number of nitro benzene ring substituents is 1. The van der Waals surface area contributed by atoms with Crippen LogP contribution in [0, 0.1) is 21.7 Å². The van der Waals surface area contributed by atoms with E-state index in [2.05, 4.69) is 0 Å². The average molecular weight is 217 g/mol. The van der Waals surface area contributed by atoms with Crippen molar-refractivity contribution in [2.75, 3.05) is 0 Å². The first-order chi connectivity index (χ1) is 6.86. The number of benzene rings is 1. The van der Waals surface area contributed by atoms with Gasteiger partial charge in [0, 0.05) is 6.07 Å². The highest BCUT2D eigenvalue weighted by Gasteiger charge is 2.26. The van der Waals surface area contributed by atoms with Crippen molar-refractivity contribution in [1.29, 1.82) is 0 Å². The van der Waals surface area contributed by atoms with Crippen LogP contribution in [0.25, 0.3) is 0 Å². The predicted molar refractivity (Wildman–Crippen MR) is 44.7 cm³/mol. The topological polar surface area (TPSA) is 80.4 Å². The average Bonchev–Trinajstić information content (AvgIpc) is 2.13. The Balaban J connectivity index is 3.59. The third kappa shape index (κ3) is 1.76. The van der Waals surface area contributed by atoms with Gasteiger partial charge in [-0.3, -0.25) is 14.9 Å². The number of phenolic OH excluding ortho intramolecular Hbond substituents is 1. The molecule has 0 aliphatic rings. The molecule has 0 aromatic heterocycles. The number of nitrogens with zero attached hydrogens (tertiary/aromatic N) is 1. The molecule has 0 amide bonds. The van der Waals surface area contributed by atoms with E-state index in [1.54, 1.807) is 0 Å². The molecule has 0 saturated heterocycles. The van der Waals surface area contributed by atoms with E-state index in [9.17, 15) is 23.7 Å². The molecule has 80 valence electrons. The first-order valence-electron chi connectivity index (χ1n) is 3.72. The molecule has 7 heteroatoms. The first-order valence-corrected chi connectivity index (χ1v) is 3.72. The number of hydrogen-bond donors (Lipinski definition) is 1. The zero-order chi connectivity index (χ0) is 11.7. The predicted octanol–water partition coefficient (Wildman–Crippen LogP) is 1.78. The molecule has 1 aromatic carbocycles. The van der Waals surface area contributed by atoms with E-state index in [0.717, 1.165) is 6.92 Å². The molecule has 0 saturated carbocycles. The van der Waals surface area contributed by atoms with Gasteiger partial charge in [-0.05, 0) is 6.92 Å². The first kappa shape index (κ1) is 11.0. The van der Waals surface area contributed by atoms with Crippen LogP contribution in [0.15, 0.2) is 6.07 Å². The van der Waals surface area contributed by atoms with E-state index in [-0.39, 0.29) is 0 Å². The lowest BCUT2D eigenvalue weighted by Crippen LogP contribution is -2.03. The maximum absolute atomic E-state index is 13.0. The number of halogens is 2. The largest absolute Gasteiger partial charge is 0.500 e. The summed E-state index contributed by atoms with van der Waals surface area (Å²) in [4.78, 5) is 20.0. The molecule has 0 atom stereocenters. The minimum Gasteiger partial charge on any atom is -0.500 e. The molecular formula is C8H5F2NO4. The Morgan fingerprint density at radius 2 is 2.00 bits per heavy atom. The van der Waals surface area contributed by atoms with Crippen molar-refractivity contribution in [2.24, 2.45) is 0 Å². The van der Waals surface area contributed by atoms with Crippen LogP contribution in [-0.2, 0) is 0 Å². The van der Waals surface area contributed by atoms with Gasteiger partial charge in [0.2, 0.25) is 11.6 Å². The summed E-state index contributed by atoms with van der Waals surface area (Å²) in [5.74, 6) is -5.67. The number of carbonyl (C=O) groups is 1. The zero-order valence-electron chi connectivity index (χ0n) is 7.45. The molecule has 1 rings (SSSR count). The summed E-state index contributed by atoms with van der Waals surface area (Å²) in [7, 11) is 0. The van der Waals surface area contributed by atoms with Crippen LogP contribution in [0.2, 0.25) is 0 Å². The Bertz CT molecular complexity index is 420. The van der Waals surface area contributed by atoms with Crippen LogP contribution in [-0.4, -0.2) is 15.8 Å². The number of ketones is 1. The Morgan fingerprint density at radius 1 is 1.47 bits per heavy atom. The summed E-state index contributed by atoms with van der Waals surface area (Å²) in [6.07, 6.45) is 0. The Hall–Kier alpha value is -2.05. The van der Waals surface area contributed by atoms with Gasteiger partial charge >= 0.3 is 5.69 Å². The Kier molecular flexibility index (Phi) is 2.65. The van der Waals surface area contributed by atoms with Gasteiger partial charge in [0.05, 0.1) is 10.5 Å². The van der Waals surface area contributed by atoms with Gasteiger partial charge in [0.25, 0.3) is 0 Å². The number of Topliss-reactive ketones (excluding diaryl/α,β-unsaturated/α-hetero) is 1. The fraction of sp³-hybridized carbons (Fsp3) is 0.125. The van der Waals surface area contributed by atoms with Crippen molar-refractivity contribution < 1.29 is 23.6 Å². The lowest BCUT2D eigenvalue weighted by molar-refractivity contribution is -0.386. The molecular weight excluding hydrogens is 212 g/mol. The van der Waals surface area contributed by atoms with E-state index < -0.39 is 39.3 Å². The molecule has 0 spiro atoms. The second-order valence-corrected chi connectivity index (χ2v) is 2.73. The summed E-state index contributed by atoms with van der Waals surface area (Å²) in [6.45, 7) is 0.929. The molecule has 0 fully saturated rings. The van der Waals surface area contributed by atoms with Crippen LogP contribution in [0.3, 0.4) is 0 Å². The summed E-state index contributed by atoms with van der Waals surface area (Å²) in [6, 6.07) is 0.496. The normalized spacial score (nSPS) is 10.1. The fourth-order valence-electron chi connectivity index (χ4n) is 0.998. The van der Waals surface area contributed by atoms with Crippen molar-refractivity contribution in [3.05, 3.63) is 33.4 Å². The van der Waals surface area contributed by atoms with Crippen LogP contribution in [0.5, 0.6) is 5.75 Å². The third-order valence-corrected chi connectivity index (χ3v) is 1.74. The number of nitro groups is 1. The smallest absolute Gasteiger partial charge is 0.314 e. The number of carbonyl (C=O) groups excluding carboxylic acids is 1. The zero-order valence-corrected chi connectivity index (χ0v) is 7.45. The summed E-state index contributed by atoms with van der Waals surface area (Å²) in [5.41, 5.74) is -1.81. The molecule has 1 N–H and O–H groups in total. The maximum Gasteiger partial charge on any atom is 0.314 e. The molecule has 0 unspecified atom stereocenters. The standard InChI is InChI=1S/C8H5F2NO4/c1-3(12)4-2-5(11(14)15)8(13)7(10)6(4)9/h2,13H,1H3. The number of rotatable bonds is 2. The van der Waals surface area contributed by atoms with E-state index >= 15 is 0 Å². The molecule has 0 aliphatic heterocycles. The SMILES string of the molecule is CC(=O)c1cc([N+](=O)[O-])c(O)c(F)c1F. The van der Waals surface area contributed by atoms with Crippen molar-refractivity contribution >= 4 is 11.5 Å².